The lowest BCUT2D eigenvalue weighted by Gasteiger charge is -2.35. The molecule has 17 heavy (non-hydrogen) atoms. The van der Waals surface area contributed by atoms with E-state index in [0.29, 0.717) is 0 Å². The highest BCUT2D eigenvalue weighted by molar-refractivity contribution is 4.56. The minimum atomic E-state index is 1.08. The molecule has 0 saturated heterocycles. The van der Waals surface area contributed by atoms with Crippen LogP contribution in [-0.2, 0) is 0 Å². The average molecular weight is 243 g/mol. The summed E-state index contributed by atoms with van der Waals surface area (Å²) in [4.78, 5) is 0. The van der Waals surface area contributed by atoms with E-state index in [-0.39, 0.29) is 0 Å². The molecule has 0 heterocycles. The van der Waals surface area contributed by atoms with E-state index in [9.17, 15) is 0 Å². The molecule has 0 unspecified atom stereocenters. The number of hydrazine groups is 2. The standard InChI is InChI=1S/C14H33N3/c1-5-9-13-16(14-10-6-2)17(12-8-4)15-11-7-3/h15H,5-14H2,1-4H3. The predicted molar refractivity (Wildman–Crippen MR) is 76.7 cm³/mol. The molecule has 0 amide bonds. The molecule has 0 aromatic rings. The zero-order valence-corrected chi connectivity index (χ0v) is 12.5. The smallest absolute Gasteiger partial charge is 0.0288 e. The van der Waals surface area contributed by atoms with Gasteiger partial charge in [0.05, 0.1) is 0 Å². The van der Waals surface area contributed by atoms with E-state index in [2.05, 4.69) is 43.2 Å². The molecule has 0 aromatic heterocycles. The van der Waals surface area contributed by atoms with E-state index in [1.165, 1.54) is 51.6 Å². The highest BCUT2D eigenvalue weighted by Gasteiger charge is 2.12. The van der Waals surface area contributed by atoms with Gasteiger partial charge in [0.1, 0.15) is 0 Å². The monoisotopic (exact) mass is 243 g/mol. The summed E-state index contributed by atoms with van der Waals surface area (Å²) in [5.74, 6) is 0. The average Bonchev–Trinajstić information content (AvgIpc) is 2.35. The molecule has 0 rings (SSSR count). The lowest BCUT2D eigenvalue weighted by atomic mass is 10.3. The molecule has 0 bridgehead atoms. The van der Waals surface area contributed by atoms with Crippen LogP contribution in [-0.4, -0.2) is 36.3 Å². The Balaban J connectivity index is 4.20. The Morgan fingerprint density at radius 1 is 0.706 bits per heavy atom. The van der Waals surface area contributed by atoms with E-state index >= 15 is 0 Å². The van der Waals surface area contributed by atoms with E-state index in [4.69, 9.17) is 0 Å². The highest BCUT2D eigenvalue weighted by Crippen LogP contribution is 2.03. The molecule has 0 saturated carbocycles. The lowest BCUT2D eigenvalue weighted by Crippen LogP contribution is -2.52. The topological polar surface area (TPSA) is 18.5 Å². The van der Waals surface area contributed by atoms with Crippen LogP contribution in [0.5, 0.6) is 0 Å². The van der Waals surface area contributed by atoms with Crippen LogP contribution in [0.25, 0.3) is 0 Å². The normalized spacial score (nSPS) is 11.6. The summed E-state index contributed by atoms with van der Waals surface area (Å²) in [6.07, 6.45) is 7.52. The number of hydrogen-bond donors (Lipinski definition) is 1. The fraction of sp³-hybridized carbons (Fsp3) is 1.00. The van der Waals surface area contributed by atoms with Crippen LogP contribution < -0.4 is 5.43 Å². The van der Waals surface area contributed by atoms with Crippen molar-refractivity contribution in [2.24, 2.45) is 0 Å². The first-order chi connectivity index (χ1) is 8.29. The van der Waals surface area contributed by atoms with Gasteiger partial charge in [-0.15, -0.1) is 0 Å². The van der Waals surface area contributed by atoms with E-state index in [1.807, 2.05) is 0 Å². The van der Waals surface area contributed by atoms with Gasteiger partial charge in [-0.25, -0.2) is 10.4 Å². The summed E-state index contributed by atoms with van der Waals surface area (Å²) in [7, 11) is 0. The van der Waals surface area contributed by atoms with Crippen LogP contribution in [0, 0.1) is 0 Å². The van der Waals surface area contributed by atoms with Crippen molar-refractivity contribution in [3.8, 4) is 0 Å². The zero-order chi connectivity index (χ0) is 12.9. The van der Waals surface area contributed by atoms with Crippen LogP contribution >= 0.6 is 0 Å². The van der Waals surface area contributed by atoms with Gasteiger partial charge in [0.25, 0.3) is 0 Å². The second-order valence-corrected chi connectivity index (χ2v) is 4.69. The maximum atomic E-state index is 3.55. The summed E-state index contributed by atoms with van der Waals surface area (Å²) in [5.41, 5.74) is 3.55. The number of rotatable bonds is 12. The van der Waals surface area contributed by atoms with Gasteiger partial charge >= 0.3 is 0 Å². The first kappa shape index (κ1) is 16.9. The molecule has 0 fully saturated rings. The largest absolute Gasteiger partial charge is 0.241 e. The molecule has 104 valence electrons. The predicted octanol–water partition coefficient (Wildman–Crippen LogP) is 3.43. The summed E-state index contributed by atoms with van der Waals surface area (Å²) < 4.78 is 0. The maximum absolute atomic E-state index is 3.55. The number of nitrogens with zero attached hydrogens (tertiary/aromatic N) is 2. The van der Waals surface area contributed by atoms with Crippen molar-refractivity contribution < 1.29 is 0 Å². The fourth-order valence-electron chi connectivity index (χ4n) is 1.81. The van der Waals surface area contributed by atoms with Gasteiger partial charge in [-0.05, 0) is 25.7 Å². The number of nitrogens with one attached hydrogen (secondary N) is 1. The van der Waals surface area contributed by atoms with Gasteiger partial charge in [-0.1, -0.05) is 40.5 Å². The Kier molecular flexibility index (Phi) is 12.3. The molecule has 0 aliphatic heterocycles. The van der Waals surface area contributed by atoms with Gasteiger partial charge in [-0.3, -0.25) is 0 Å². The van der Waals surface area contributed by atoms with Gasteiger partial charge in [-0.2, -0.15) is 5.12 Å². The first-order valence-corrected chi connectivity index (χ1v) is 7.55. The van der Waals surface area contributed by atoms with Crippen LogP contribution in [0.3, 0.4) is 0 Å². The van der Waals surface area contributed by atoms with Crippen molar-refractivity contribution >= 4 is 0 Å². The molecule has 0 aromatic carbocycles. The first-order valence-electron chi connectivity index (χ1n) is 7.55. The molecule has 0 radical (unpaired) electrons. The second-order valence-electron chi connectivity index (χ2n) is 4.69. The van der Waals surface area contributed by atoms with E-state index in [0.717, 1.165) is 13.1 Å². The van der Waals surface area contributed by atoms with Crippen LogP contribution in [0.2, 0.25) is 0 Å². The van der Waals surface area contributed by atoms with Gasteiger partial charge < -0.3 is 0 Å². The third kappa shape index (κ3) is 8.58. The lowest BCUT2D eigenvalue weighted by molar-refractivity contribution is -0.0717. The molecule has 3 heteroatoms. The molecule has 1 N–H and O–H groups in total. The summed E-state index contributed by atoms with van der Waals surface area (Å²) in [6, 6.07) is 0. The van der Waals surface area contributed by atoms with Crippen LogP contribution in [0.1, 0.15) is 66.2 Å². The minimum absolute atomic E-state index is 1.08. The summed E-state index contributed by atoms with van der Waals surface area (Å²) in [5, 5.41) is 4.86. The SMILES string of the molecule is CCCCN(CCCC)N(CCC)NCCC. The molecule has 0 aliphatic carbocycles. The Labute approximate surface area is 108 Å². The molecule has 0 aliphatic rings. The van der Waals surface area contributed by atoms with Crippen molar-refractivity contribution in [3.63, 3.8) is 0 Å². The van der Waals surface area contributed by atoms with E-state index < -0.39 is 0 Å². The van der Waals surface area contributed by atoms with E-state index in [1.54, 1.807) is 0 Å². The third-order valence-electron chi connectivity index (χ3n) is 2.86. The van der Waals surface area contributed by atoms with Crippen LogP contribution in [0.4, 0.5) is 0 Å². The summed E-state index contributed by atoms with van der Waals surface area (Å²) >= 11 is 0. The van der Waals surface area contributed by atoms with Crippen molar-refractivity contribution in [2.45, 2.75) is 66.2 Å². The number of hydrogen-bond acceptors (Lipinski definition) is 3. The molecular formula is C14H33N3. The molecule has 0 atom stereocenters. The van der Waals surface area contributed by atoms with Gasteiger partial charge in [0.15, 0.2) is 0 Å². The minimum Gasteiger partial charge on any atom is -0.241 e. The number of unbranched alkanes of at least 4 members (excludes halogenated alkanes) is 2. The molecule has 0 spiro atoms. The van der Waals surface area contributed by atoms with Crippen molar-refractivity contribution in [3.05, 3.63) is 0 Å². The van der Waals surface area contributed by atoms with Crippen molar-refractivity contribution in [1.82, 2.24) is 15.6 Å². The Bertz CT molecular complexity index is 142. The Morgan fingerprint density at radius 2 is 1.29 bits per heavy atom. The molecular weight excluding hydrogens is 210 g/mol. The second kappa shape index (κ2) is 12.3. The molecule has 3 nitrogen and oxygen atoms in total. The zero-order valence-electron chi connectivity index (χ0n) is 12.5. The quantitative estimate of drug-likeness (QED) is 0.530. The third-order valence-corrected chi connectivity index (χ3v) is 2.86. The van der Waals surface area contributed by atoms with Crippen molar-refractivity contribution in [2.75, 3.05) is 26.2 Å². The van der Waals surface area contributed by atoms with Crippen LogP contribution in [0.15, 0.2) is 0 Å². The Hall–Kier alpha value is -0.120. The highest BCUT2D eigenvalue weighted by atomic mass is 15.8. The Morgan fingerprint density at radius 3 is 1.71 bits per heavy atom. The van der Waals surface area contributed by atoms with Gasteiger partial charge in [0.2, 0.25) is 0 Å². The fourth-order valence-corrected chi connectivity index (χ4v) is 1.81. The summed E-state index contributed by atoms with van der Waals surface area (Å²) in [6.45, 7) is 13.6. The van der Waals surface area contributed by atoms with Gasteiger partial charge in [0, 0.05) is 26.2 Å². The maximum Gasteiger partial charge on any atom is 0.0288 e. The van der Waals surface area contributed by atoms with Crippen molar-refractivity contribution in [1.29, 1.82) is 0 Å².